The summed E-state index contributed by atoms with van der Waals surface area (Å²) in [5.41, 5.74) is 1.58. The van der Waals surface area contributed by atoms with Crippen LogP contribution in [0.15, 0.2) is 48.9 Å². The van der Waals surface area contributed by atoms with Gasteiger partial charge in [-0.25, -0.2) is 4.98 Å². The molecule has 4 nitrogen and oxygen atoms in total. The summed E-state index contributed by atoms with van der Waals surface area (Å²) in [5, 5.41) is 5.87. The average Bonchev–Trinajstić information content (AvgIpc) is 2.64. The van der Waals surface area contributed by atoms with Crippen LogP contribution < -0.4 is 10.1 Å². The SMILES string of the molecule is Cc1ccc2cnccc2c1CNC1CC(Oc2ccc(C(F)(F)F)nc2)C1.Cl. The first-order chi connectivity index (χ1) is 13.4. The van der Waals surface area contributed by atoms with Gasteiger partial charge in [-0.3, -0.25) is 4.98 Å². The number of fused-ring (bicyclic) bond motifs is 1. The summed E-state index contributed by atoms with van der Waals surface area (Å²) >= 11 is 0. The van der Waals surface area contributed by atoms with Crippen molar-refractivity contribution in [2.24, 2.45) is 0 Å². The molecular weight excluding hydrogens is 403 g/mol. The van der Waals surface area contributed by atoms with Crippen LogP contribution in [-0.2, 0) is 12.7 Å². The maximum Gasteiger partial charge on any atom is 0.433 e. The lowest BCUT2D eigenvalue weighted by molar-refractivity contribution is -0.141. The molecule has 29 heavy (non-hydrogen) atoms. The summed E-state index contributed by atoms with van der Waals surface area (Å²) in [5.74, 6) is 0.369. The molecule has 1 fully saturated rings. The second-order valence-corrected chi connectivity index (χ2v) is 7.12. The number of halogens is 4. The quantitative estimate of drug-likeness (QED) is 0.621. The summed E-state index contributed by atoms with van der Waals surface area (Å²) < 4.78 is 43.4. The molecule has 1 saturated carbocycles. The van der Waals surface area contributed by atoms with Gasteiger partial charge in [-0.2, -0.15) is 13.2 Å². The van der Waals surface area contributed by atoms with Crippen LogP contribution in [0.25, 0.3) is 10.8 Å². The van der Waals surface area contributed by atoms with Crippen molar-refractivity contribution in [3.63, 3.8) is 0 Å². The number of hydrogen-bond acceptors (Lipinski definition) is 4. The van der Waals surface area contributed by atoms with Crippen molar-refractivity contribution in [2.45, 2.75) is 44.6 Å². The number of rotatable bonds is 5. The minimum absolute atomic E-state index is 0. The minimum atomic E-state index is -4.43. The number of alkyl halides is 3. The van der Waals surface area contributed by atoms with Crippen LogP contribution in [0.5, 0.6) is 5.75 Å². The first-order valence-corrected chi connectivity index (χ1v) is 9.15. The lowest BCUT2D eigenvalue weighted by Gasteiger charge is -2.36. The van der Waals surface area contributed by atoms with Gasteiger partial charge in [-0.05, 0) is 54.5 Å². The van der Waals surface area contributed by atoms with E-state index in [1.807, 2.05) is 12.3 Å². The fourth-order valence-electron chi connectivity index (χ4n) is 3.46. The summed E-state index contributed by atoms with van der Waals surface area (Å²) in [4.78, 5) is 7.59. The molecule has 8 heteroatoms. The first-order valence-electron chi connectivity index (χ1n) is 9.15. The predicted molar refractivity (Wildman–Crippen MR) is 107 cm³/mol. The van der Waals surface area contributed by atoms with Gasteiger partial charge in [0.1, 0.15) is 17.5 Å². The molecule has 0 atom stereocenters. The molecule has 1 aromatic carbocycles. The number of aromatic nitrogens is 2. The Morgan fingerprint density at radius 1 is 1.10 bits per heavy atom. The highest BCUT2D eigenvalue weighted by molar-refractivity contribution is 5.86. The Balaban J connectivity index is 0.00000240. The van der Waals surface area contributed by atoms with Crippen LogP contribution in [0.2, 0.25) is 0 Å². The van der Waals surface area contributed by atoms with Gasteiger partial charge in [0.15, 0.2) is 0 Å². The van der Waals surface area contributed by atoms with Crippen molar-refractivity contribution in [3.8, 4) is 5.75 Å². The highest BCUT2D eigenvalue weighted by atomic mass is 35.5. The van der Waals surface area contributed by atoms with E-state index in [9.17, 15) is 13.2 Å². The molecule has 0 bridgehead atoms. The van der Waals surface area contributed by atoms with E-state index in [0.29, 0.717) is 11.8 Å². The maximum absolute atomic E-state index is 12.5. The average molecular weight is 424 g/mol. The Bertz CT molecular complexity index is 973. The third kappa shape index (κ3) is 4.79. The molecule has 4 rings (SSSR count). The summed E-state index contributed by atoms with van der Waals surface area (Å²) in [6.45, 7) is 2.85. The minimum Gasteiger partial charge on any atom is -0.489 e. The number of pyridine rings is 2. The summed E-state index contributed by atoms with van der Waals surface area (Å²) in [7, 11) is 0. The van der Waals surface area contributed by atoms with E-state index < -0.39 is 11.9 Å². The van der Waals surface area contributed by atoms with Crippen LogP contribution >= 0.6 is 12.4 Å². The number of nitrogens with one attached hydrogen (secondary N) is 1. The van der Waals surface area contributed by atoms with Gasteiger partial charge in [-0.15, -0.1) is 12.4 Å². The van der Waals surface area contributed by atoms with Gasteiger partial charge >= 0.3 is 6.18 Å². The van der Waals surface area contributed by atoms with Gasteiger partial charge in [-0.1, -0.05) is 12.1 Å². The van der Waals surface area contributed by atoms with Crippen LogP contribution in [0.1, 0.15) is 29.7 Å². The van der Waals surface area contributed by atoms with Crippen LogP contribution in [0.3, 0.4) is 0 Å². The molecule has 0 saturated heterocycles. The Morgan fingerprint density at radius 2 is 1.90 bits per heavy atom. The largest absolute Gasteiger partial charge is 0.489 e. The second-order valence-electron chi connectivity index (χ2n) is 7.12. The van der Waals surface area contributed by atoms with E-state index in [1.54, 1.807) is 6.20 Å². The molecule has 1 aliphatic carbocycles. The van der Waals surface area contributed by atoms with E-state index in [1.165, 1.54) is 22.6 Å². The van der Waals surface area contributed by atoms with Crippen molar-refractivity contribution in [3.05, 3.63) is 65.7 Å². The number of ether oxygens (including phenoxy) is 1. The number of hydrogen-bond donors (Lipinski definition) is 1. The van der Waals surface area contributed by atoms with E-state index in [-0.39, 0.29) is 18.5 Å². The monoisotopic (exact) mass is 423 g/mol. The van der Waals surface area contributed by atoms with Crippen LogP contribution in [0, 0.1) is 6.92 Å². The lowest BCUT2D eigenvalue weighted by Crippen LogP contribution is -2.46. The van der Waals surface area contributed by atoms with Crippen molar-refractivity contribution >= 4 is 23.2 Å². The smallest absolute Gasteiger partial charge is 0.433 e. The molecule has 0 unspecified atom stereocenters. The van der Waals surface area contributed by atoms with Gasteiger partial charge in [0.2, 0.25) is 0 Å². The normalized spacial score (nSPS) is 18.8. The molecule has 154 valence electrons. The Morgan fingerprint density at radius 3 is 2.59 bits per heavy atom. The maximum atomic E-state index is 12.5. The lowest BCUT2D eigenvalue weighted by atomic mass is 9.88. The molecule has 0 spiro atoms. The van der Waals surface area contributed by atoms with Gasteiger partial charge in [0.25, 0.3) is 0 Å². The van der Waals surface area contributed by atoms with Gasteiger partial charge < -0.3 is 10.1 Å². The van der Waals surface area contributed by atoms with Crippen molar-refractivity contribution in [1.82, 2.24) is 15.3 Å². The van der Waals surface area contributed by atoms with Crippen molar-refractivity contribution < 1.29 is 17.9 Å². The molecule has 2 heterocycles. The fraction of sp³-hybridized carbons (Fsp3) is 0.333. The molecule has 0 radical (unpaired) electrons. The highest BCUT2D eigenvalue weighted by Gasteiger charge is 2.33. The number of nitrogens with zero attached hydrogens (tertiary/aromatic N) is 2. The second kappa shape index (κ2) is 8.55. The van der Waals surface area contributed by atoms with E-state index in [4.69, 9.17) is 4.74 Å². The zero-order valence-corrected chi connectivity index (χ0v) is 16.6. The van der Waals surface area contributed by atoms with E-state index in [0.717, 1.165) is 37.0 Å². The zero-order chi connectivity index (χ0) is 19.7. The highest BCUT2D eigenvalue weighted by Crippen LogP contribution is 2.30. The molecule has 3 aromatic rings. The van der Waals surface area contributed by atoms with Gasteiger partial charge in [0, 0.05) is 30.4 Å². The fourth-order valence-corrected chi connectivity index (χ4v) is 3.46. The molecular formula is C21H21ClF3N3O. The van der Waals surface area contributed by atoms with Crippen molar-refractivity contribution in [1.29, 1.82) is 0 Å². The number of aryl methyl sites for hydroxylation is 1. The number of benzene rings is 1. The van der Waals surface area contributed by atoms with E-state index in [2.05, 4.69) is 34.3 Å². The summed E-state index contributed by atoms with van der Waals surface area (Å²) in [6.07, 6.45) is 1.99. The third-order valence-corrected chi connectivity index (χ3v) is 5.16. The Labute approximate surface area is 172 Å². The third-order valence-electron chi connectivity index (χ3n) is 5.16. The Hall–Kier alpha value is -2.38. The van der Waals surface area contributed by atoms with Gasteiger partial charge in [0.05, 0.1) is 6.20 Å². The Kier molecular flexibility index (Phi) is 6.29. The zero-order valence-electron chi connectivity index (χ0n) is 15.7. The topological polar surface area (TPSA) is 47.0 Å². The molecule has 0 aliphatic heterocycles. The summed E-state index contributed by atoms with van der Waals surface area (Å²) in [6, 6.07) is 8.80. The van der Waals surface area contributed by atoms with E-state index >= 15 is 0 Å². The predicted octanol–water partition coefficient (Wildman–Crippen LogP) is 5.08. The first kappa shape index (κ1) is 21.3. The van der Waals surface area contributed by atoms with Crippen LogP contribution in [0.4, 0.5) is 13.2 Å². The standard InChI is InChI=1S/C21H20F3N3O.ClH/c1-13-2-3-14-10-25-7-6-18(14)19(13)12-26-15-8-17(9-15)28-16-4-5-20(27-11-16)21(22,23)24;/h2-7,10-11,15,17,26H,8-9,12H2,1H3;1H. The van der Waals surface area contributed by atoms with Crippen LogP contribution in [-0.4, -0.2) is 22.1 Å². The molecule has 1 aliphatic rings. The van der Waals surface area contributed by atoms with Crippen molar-refractivity contribution in [2.75, 3.05) is 0 Å². The molecule has 0 amide bonds. The molecule has 2 aromatic heterocycles. The molecule has 1 N–H and O–H groups in total.